The van der Waals surface area contributed by atoms with Crippen LogP contribution in [0.15, 0.2) is 45.6 Å². The van der Waals surface area contributed by atoms with Gasteiger partial charge in [0.2, 0.25) is 0 Å². The molecule has 2 rings (SSSR count). The van der Waals surface area contributed by atoms with Crippen molar-refractivity contribution in [1.82, 2.24) is 4.98 Å². The van der Waals surface area contributed by atoms with Crippen LogP contribution in [0.5, 0.6) is 0 Å². The zero-order valence-corrected chi connectivity index (χ0v) is 12.2. The lowest BCUT2D eigenvalue weighted by molar-refractivity contribution is 0.0698. The Labute approximate surface area is 120 Å². The Morgan fingerprint density at radius 2 is 1.89 bits per heavy atom. The molecule has 0 atom stereocenters. The van der Waals surface area contributed by atoms with E-state index in [2.05, 4.69) is 42.2 Å². The van der Waals surface area contributed by atoms with Crippen LogP contribution in [-0.2, 0) is 0 Å². The van der Waals surface area contributed by atoms with Gasteiger partial charge in [-0.3, -0.25) is 4.98 Å². The number of para-hydroxylation sites is 1. The normalized spacial score (nSPS) is 10.1. The van der Waals surface area contributed by atoms with Gasteiger partial charge < -0.3 is 10.4 Å². The summed E-state index contributed by atoms with van der Waals surface area (Å²) in [6.07, 6.45) is 2.93. The van der Waals surface area contributed by atoms with Crippen LogP contribution in [0, 0.1) is 0 Å². The van der Waals surface area contributed by atoms with E-state index in [1.165, 1.54) is 18.5 Å². The highest BCUT2D eigenvalue weighted by Gasteiger charge is 2.12. The molecule has 0 radical (unpaired) electrons. The predicted molar refractivity (Wildman–Crippen MR) is 76.3 cm³/mol. The molecule has 0 aliphatic rings. The molecule has 2 aromatic rings. The van der Waals surface area contributed by atoms with Crippen LogP contribution >= 0.6 is 31.9 Å². The molecule has 1 aromatic carbocycles. The van der Waals surface area contributed by atoms with E-state index in [-0.39, 0.29) is 5.56 Å². The van der Waals surface area contributed by atoms with E-state index >= 15 is 0 Å². The summed E-state index contributed by atoms with van der Waals surface area (Å²) in [7, 11) is 0. The lowest BCUT2D eigenvalue weighted by Gasteiger charge is -2.12. The predicted octanol–water partition coefficient (Wildman–Crippen LogP) is 4.05. The number of aromatic carboxylic acids is 1. The molecule has 0 spiro atoms. The van der Waals surface area contributed by atoms with Gasteiger partial charge in [0.25, 0.3) is 0 Å². The number of anilines is 2. The minimum absolute atomic E-state index is 0.174. The lowest BCUT2D eigenvalue weighted by Crippen LogP contribution is -2.03. The van der Waals surface area contributed by atoms with Gasteiger partial charge in [0.05, 0.1) is 23.1 Å². The molecular weight excluding hydrogens is 364 g/mol. The number of benzene rings is 1. The number of hydrogen-bond donors (Lipinski definition) is 2. The maximum atomic E-state index is 11.1. The maximum absolute atomic E-state index is 11.1. The van der Waals surface area contributed by atoms with E-state index in [0.29, 0.717) is 5.69 Å². The van der Waals surface area contributed by atoms with Gasteiger partial charge in [0.1, 0.15) is 0 Å². The number of pyridine rings is 1. The Balaban J connectivity index is 2.43. The van der Waals surface area contributed by atoms with Gasteiger partial charge in [0, 0.05) is 15.1 Å². The Kier molecular flexibility index (Phi) is 3.98. The van der Waals surface area contributed by atoms with Crippen molar-refractivity contribution in [1.29, 1.82) is 0 Å². The number of aromatic nitrogens is 1. The highest BCUT2D eigenvalue weighted by Crippen LogP contribution is 2.33. The summed E-state index contributed by atoms with van der Waals surface area (Å²) in [5.74, 6) is -0.997. The second kappa shape index (κ2) is 5.49. The number of carbonyl (C=O) groups is 1. The zero-order chi connectivity index (χ0) is 13.1. The number of halogens is 2. The fourth-order valence-electron chi connectivity index (χ4n) is 1.43. The number of carboxylic acids is 1. The smallest absolute Gasteiger partial charge is 0.337 e. The summed E-state index contributed by atoms with van der Waals surface area (Å²) in [6.45, 7) is 0. The van der Waals surface area contributed by atoms with Crippen LogP contribution in [0.3, 0.4) is 0 Å². The number of carboxylic acid groups (broad SMARTS) is 1. The van der Waals surface area contributed by atoms with Gasteiger partial charge in [0.15, 0.2) is 0 Å². The molecule has 6 heteroatoms. The van der Waals surface area contributed by atoms with Gasteiger partial charge in [-0.25, -0.2) is 4.79 Å². The van der Waals surface area contributed by atoms with Gasteiger partial charge in [-0.15, -0.1) is 0 Å². The van der Waals surface area contributed by atoms with E-state index in [0.717, 1.165) is 14.6 Å². The molecular formula is C12H8Br2N2O2. The first-order valence-corrected chi connectivity index (χ1v) is 6.56. The molecule has 18 heavy (non-hydrogen) atoms. The van der Waals surface area contributed by atoms with Crippen LogP contribution in [0.1, 0.15) is 10.4 Å². The average molecular weight is 372 g/mol. The van der Waals surface area contributed by atoms with Crippen LogP contribution in [-0.4, -0.2) is 16.1 Å². The summed E-state index contributed by atoms with van der Waals surface area (Å²) < 4.78 is 1.66. The van der Waals surface area contributed by atoms with Gasteiger partial charge in [-0.1, -0.05) is 6.07 Å². The molecule has 4 nitrogen and oxygen atoms in total. The summed E-state index contributed by atoms with van der Waals surface area (Å²) in [5.41, 5.74) is 1.37. The molecule has 0 unspecified atom stereocenters. The molecule has 0 amide bonds. The standard InChI is InChI=1S/C12H8Br2N2O2/c13-8-2-1-3-9(14)11(8)16-10-6-15-5-4-7(10)12(17)18/h1-6,16H,(H,17,18). The molecule has 0 saturated heterocycles. The third-order valence-electron chi connectivity index (χ3n) is 2.27. The Hall–Kier alpha value is -1.40. The highest BCUT2D eigenvalue weighted by atomic mass is 79.9. The third-order valence-corrected chi connectivity index (χ3v) is 3.60. The molecule has 1 heterocycles. The Bertz CT molecular complexity index is 582. The number of rotatable bonds is 3. The molecule has 0 fully saturated rings. The van der Waals surface area contributed by atoms with E-state index in [1.54, 1.807) is 0 Å². The molecule has 0 aliphatic heterocycles. The monoisotopic (exact) mass is 370 g/mol. The van der Waals surface area contributed by atoms with Crippen LogP contribution in [0.4, 0.5) is 11.4 Å². The average Bonchev–Trinajstić information content (AvgIpc) is 2.34. The van der Waals surface area contributed by atoms with E-state index in [4.69, 9.17) is 5.11 Å². The molecule has 1 aromatic heterocycles. The van der Waals surface area contributed by atoms with Crippen LogP contribution in [0.2, 0.25) is 0 Å². The quantitative estimate of drug-likeness (QED) is 0.854. The van der Waals surface area contributed by atoms with Crippen molar-refractivity contribution in [3.8, 4) is 0 Å². The first kappa shape index (κ1) is 13.0. The molecule has 0 saturated carbocycles. The van der Waals surface area contributed by atoms with Gasteiger partial charge >= 0.3 is 5.97 Å². The van der Waals surface area contributed by atoms with Crippen molar-refractivity contribution >= 4 is 49.2 Å². The zero-order valence-electron chi connectivity index (χ0n) is 9.02. The van der Waals surface area contributed by atoms with Crippen molar-refractivity contribution < 1.29 is 9.90 Å². The van der Waals surface area contributed by atoms with Crippen molar-refractivity contribution in [2.45, 2.75) is 0 Å². The van der Waals surface area contributed by atoms with Crippen LogP contribution in [0.25, 0.3) is 0 Å². The highest BCUT2D eigenvalue weighted by molar-refractivity contribution is 9.11. The molecule has 92 valence electrons. The molecule has 2 N–H and O–H groups in total. The fourth-order valence-corrected chi connectivity index (χ4v) is 2.63. The van der Waals surface area contributed by atoms with Gasteiger partial charge in [-0.2, -0.15) is 0 Å². The number of hydrogen-bond acceptors (Lipinski definition) is 3. The van der Waals surface area contributed by atoms with Crippen LogP contribution < -0.4 is 5.32 Å². The minimum atomic E-state index is -0.997. The van der Waals surface area contributed by atoms with E-state index < -0.39 is 5.97 Å². The molecule has 0 aliphatic carbocycles. The maximum Gasteiger partial charge on any atom is 0.337 e. The van der Waals surface area contributed by atoms with E-state index in [9.17, 15) is 4.79 Å². The van der Waals surface area contributed by atoms with Crippen molar-refractivity contribution in [2.75, 3.05) is 5.32 Å². The van der Waals surface area contributed by atoms with Gasteiger partial charge in [-0.05, 0) is 50.1 Å². The second-order valence-corrected chi connectivity index (χ2v) is 5.16. The summed E-state index contributed by atoms with van der Waals surface area (Å²) >= 11 is 6.81. The Morgan fingerprint density at radius 1 is 1.22 bits per heavy atom. The molecule has 0 bridgehead atoms. The minimum Gasteiger partial charge on any atom is -0.478 e. The first-order chi connectivity index (χ1) is 8.59. The lowest BCUT2D eigenvalue weighted by atomic mass is 10.2. The van der Waals surface area contributed by atoms with Crippen molar-refractivity contribution in [2.24, 2.45) is 0 Å². The number of nitrogens with one attached hydrogen (secondary N) is 1. The Morgan fingerprint density at radius 3 is 2.50 bits per heavy atom. The second-order valence-electron chi connectivity index (χ2n) is 3.45. The summed E-state index contributed by atoms with van der Waals surface area (Å²) in [6, 6.07) is 7.06. The fraction of sp³-hybridized carbons (Fsp3) is 0. The largest absolute Gasteiger partial charge is 0.478 e. The summed E-state index contributed by atoms with van der Waals surface area (Å²) in [4.78, 5) is 15.0. The summed E-state index contributed by atoms with van der Waals surface area (Å²) in [5, 5.41) is 12.1. The van der Waals surface area contributed by atoms with E-state index in [1.807, 2.05) is 18.2 Å². The van der Waals surface area contributed by atoms with Crippen molar-refractivity contribution in [3.05, 3.63) is 51.2 Å². The number of nitrogens with zero attached hydrogens (tertiary/aromatic N) is 1. The first-order valence-electron chi connectivity index (χ1n) is 4.98. The topological polar surface area (TPSA) is 62.2 Å². The van der Waals surface area contributed by atoms with Crippen molar-refractivity contribution in [3.63, 3.8) is 0 Å². The third kappa shape index (κ3) is 2.70. The SMILES string of the molecule is O=C(O)c1ccncc1Nc1c(Br)cccc1Br.